The summed E-state index contributed by atoms with van der Waals surface area (Å²) in [4.78, 5) is 16.9. The van der Waals surface area contributed by atoms with E-state index in [1.807, 2.05) is 18.2 Å². The third kappa shape index (κ3) is 3.58. The molecule has 26 heavy (non-hydrogen) atoms. The van der Waals surface area contributed by atoms with E-state index in [-0.39, 0.29) is 11.9 Å². The van der Waals surface area contributed by atoms with E-state index < -0.39 is 0 Å². The molecule has 2 aromatic rings. The number of hydrogen-bond acceptors (Lipinski definition) is 4. The fourth-order valence-corrected chi connectivity index (χ4v) is 3.71. The largest absolute Gasteiger partial charge is 0.493 e. The summed E-state index contributed by atoms with van der Waals surface area (Å²) in [5, 5.41) is 3.13. The fourth-order valence-electron chi connectivity index (χ4n) is 3.71. The second-order valence-electron chi connectivity index (χ2n) is 7.10. The van der Waals surface area contributed by atoms with Gasteiger partial charge in [-0.3, -0.25) is 9.78 Å². The van der Waals surface area contributed by atoms with Crippen LogP contribution in [-0.4, -0.2) is 36.8 Å². The summed E-state index contributed by atoms with van der Waals surface area (Å²) in [5.41, 5.74) is 3.82. The van der Waals surface area contributed by atoms with E-state index in [0.29, 0.717) is 11.5 Å². The van der Waals surface area contributed by atoms with E-state index >= 15 is 0 Å². The Kier molecular flexibility index (Phi) is 4.89. The second kappa shape index (κ2) is 7.46. The molecule has 1 saturated heterocycles. The summed E-state index contributed by atoms with van der Waals surface area (Å²) in [6.45, 7) is 4.38. The van der Waals surface area contributed by atoms with Crippen LogP contribution in [0.4, 0.5) is 0 Å². The molecule has 0 radical (unpaired) electrons. The Hall–Kier alpha value is -2.40. The zero-order valence-corrected chi connectivity index (χ0v) is 15.0. The first kappa shape index (κ1) is 17.0. The summed E-state index contributed by atoms with van der Waals surface area (Å²) in [6.07, 6.45) is 6.36. The van der Waals surface area contributed by atoms with Crippen LogP contribution < -0.4 is 10.1 Å². The molecule has 1 fully saturated rings. The highest BCUT2D eigenvalue weighted by Crippen LogP contribution is 2.30. The Morgan fingerprint density at radius 3 is 2.85 bits per heavy atom. The number of nitrogens with one attached hydrogen (secondary N) is 1. The summed E-state index contributed by atoms with van der Waals surface area (Å²) in [5.74, 6) is 1.37. The fraction of sp³-hybridized carbons (Fsp3) is 0.429. The lowest BCUT2D eigenvalue weighted by molar-refractivity contribution is 0.0538. The van der Waals surface area contributed by atoms with Gasteiger partial charge in [-0.2, -0.15) is 0 Å². The van der Waals surface area contributed by atoms with E-state index in [1.165, 1.54) is 5.56 Å². The number of hydrogen-bond donors (Lipinski definition) is 1. The highest BCUT2D eigenvalue weighted by molar-refractivity contribution is 5.95. The second-order valence-corrected chi connectivity index (χ2v) is 7.10. The number of carbonyl (C=O) groups is 1. The topological polar surface area (TPSA) is 60.5 Å². The van der Waals surface area contributed by atoms with Crippen LogP contribution in [0.25, 0.3) is 11.1 Å². The third-order valence-corrected chi connectivity index (χ3v) is 5.36. The molecule has 2 aliphatic rings. The maximum Gasteiger partial charge on any atom is 0.253 e. The molecular formula is C21H24N2O3. The van der Waals surface area contributed by atoms with Gasteiger partial charge in [0.1, 0.15) is 5.75 Å². The van der Waals surface area contributed by atoms with Crippen molar-refractivity contribution in [1.82, 2.24) is 10.3 Å². The number of aromatic nitrogens is 1. The number of ether oxygens (including phenoxy) is 2. The molecule has 1 amide bonds. The molecule has 1 aromatic heterocycles. The van der Waals surface area contributed by atoms with Crippen molar-refractivity contribution in [3.8, 4) is 16.9 Å². The molecule has 0 unspecified atom stereocenters. The van der Waals surface area contributed by atoms with Crippen molar-refractivity contribution >= 4 is 5.91 Å². The Balaban J connectivity index is 1.49. The van der Waals surface area contributed by atoms with Crippen LogP contribution in [0.2, 0.25) is 0 Å². The molecule has 5 nitrogen and oxygen atoms in total. The van der Waals surface area contributed by atoms with Crippen LogP contribution in [0.15, 0.2) is 36.7 Å². The van der Waals surface area contributed by atoms with Gasteiger partial charge in [-0.25, -0.2) is 0 Å². The molecule has 4 rings (SSSR count). The third-order valence-electron chi connectivity index (χ3n) is 5.36. The van der Waals surface area contributed by atoms with Crippen molar-refractivity contribution in [2.75, 3.05) is 19.8 Å². The highest BCUT2D eigenvalue weighted by Gasteiger charge is 2.22. The first-order chi connectivity index (χ1) is 12.7. The summed E-state index contributed by atoms with van der Waals surface area (Å²) < 4.78 is 11.0. The van der Waals surface area contributed by atoms with E-state index in [0.717, 1.165) is 56.0 Å². The monoisotopic (exact) mass is 352 g/mol. The van der Waals surface area contributed by atoms with Crippen molar-refractivity contribution in [2.24, 2.45) is 5.92 Å². The van der Waals surface area contributed by atoms with Crippen molar-refractivity contribution < 1.29 is 14.3 Å². The van der Waals surface area contributed by atoms with E-state index in [9.17, 15) is 4.79 Å². The van der Waals surface area contributed by atoms with Crippen LogP contribution in [0.1, 0.15) is 35.7 Å². The first-order valence-electron chi connectivity index (χ1n) is 9.30. The Bertz CT molecular complexity index is 800. The normalized spacial score (nSPS) is 18.0. The highest BCUT2D eigenvalue weighted by atomic mass is 16.5. The standard InChI is InChI=1S/C21H24N2O3/c1-14(15-4-7-25-8-5-15)23-21(24)19-11-18(12-22-13-19)16-2-3-20-17(10-16)6-9-26-20/h2-3,10-15H,4-9H2,1H3,(H,23,24)/t14-/m1/s1. The molecule has 1 N–H and O–H groups in total. The average Bonchev–Trinajstić information content (AvgIpc) is 3.16. The number of pyridine rings is 1. The molecule has 0 aliphatic carbocycles. The minimum absolute atomic E-state index is 0.0668. The molecule has 0 saturated carbocycles. The Morgan fingerprint density at radius 2 is 2.00 bits per heavy atom. The van der Waals surface area contributed by atoms with Gasteiger partial charge in [0.25, 0.3) is 5.91 Å². The van der Waals surface area contributed by atoms with E-state index in [4.69, 9.17) is 9.47 Å². The van der Waals surface area contributed by atoms with Crippen LogP contribution in [0.5, 0.6) is 5.75 Å². The van der Waals surface area contributed by atoms with E-state index in [2.05, 4.69) is 23.3 Å². The maximum atomic E-state index is 12.7. The SMILES string of the molecule is C[C@@H](NC(=O)c1cncc(-c2ccc3c(c2)CCO3)c1)C1CCOCC1. The quantitative estimate of drug-likeness (QED) is 0.918. The summed E-state index contributed by atoms with van der Waals surface area (Å²) in [6, 6.07) is 8.19. The number of carbonyl (C=O) groups excluding carboxylic acids is 1. The van der Waals surface area contributed by atoms with Gasteiger partial charge in [0.2, 0.25) is 0 Å². The van der Waals surface area contributed by atoms with Crippen molar-refractivity contribution in [1.29, 1.82) is 0 Å². The number of fused-ring (bicyclic) bond motifs is 1. The van der Waals surface area contributed by atoms with Gasteiger partial charge >= 0.3 is 0 Å². The lowest BCUT2D eigenvalue weighted by Gasteiger charge is -2.28. The van der Waals surface area contributed by atoms with E-state index in [1.54, 1.807) is 12.4 Å². The first-order valence-corrected chi connectivity index (χ1v) is 9.30. The molecule has 0 spiro atoms. The molecular weight excluding hydrogens is 328 g/mol. The predicted molar refractivity (Wildman–Crippen MR) is 99.3 cm³/mol. The molecule has 5 heteroatoms. The zero-order chi connectivity index (χ0) is 17.9. The van der Waals surface area contributed by atoms with Gasteiger partial charge in [0.05, 0.1) is 12.2 Å². The number of benzene rings is 1. The van der Waals surface area contributed by atoms with Crippen LogP contribution in [0.3, 0.4) is 0 Å². The lowest BCUT2D eigenvalue weighted by Crippen LogP contribution is -2.40. The predicted octanol–water partition coefficient (Wildman–Crippen LogP) is 3.23. The summed E-state index contributed by atoms with van der Waals surface area (Å²) >= 11 is 0. The van der Waals surface area contributed by atoms with Gasteiger partial charge in [-0.15, -0.1) is 0 Å². The number of rotatable bonds is 4. The van der Waals surface area contributed by atoms with Gasteiger partial charge in [-0.05, 0) is 55.0 Å². The van der Waals surface area contributed by atoms with Gasteiger partial charge in [-0.1, -0.05) is 6.07 Å². The molecule has 136 valence electrons. The Morgan fingerprint density at radius 1 is 1.15 bits per heavy atom. The molecule has 0 bridgehead atoms. The van der Waals surface area contributed by atoms with Crippen molar-refractivity contribution in [3.05, 3.63) is 47.8 Å². The van der Waals surface area contributed by atoms with Gasteiger partial charge < -0.3 is 14.8 Å². The smallest absolute Gasteiger partial charge is 0.253 e. The van der Waals surface area contributed by atoms with Gasteiger partial charge in [0.15, 0.2) is 0 Å². The average molecular weight is 352 g/mol. The summed E-state index contributed by atoms with van der Waals surface area (Å²) in [7, 11) is 0. The minimum Gasteiger partial charge on any atom is -0.493 e. The Labute approximate surface area is 153 Å². The molecule has 3 heterocycles. The molecule has 1 aromatic carbocycles. The zero-order valence-electron chi connectivity index (χ0n) is 15.0. The molecule has 2 aliphatic heterocycles. The van der Waals surface area contributed by atoms with Gasteiger partial charge in [0, 0.05) is 43.6 Å². The van der Waals surface area contributed by atoms with Crippen molar-refractivity contribution in [2.45, 2.75) is 32.2 Å². The lowest BCUT2D eigenvalue weighted by atomic mass is 9.92. The minimum atomic E-state index is -0.0668. The number of amides is 1. The maximum absolute atomic E-state index is 12.7. The van der Waals surface area contributed by atoms with Crippen molar-refractivity contribution in [3.63, 3.8) is 0 Å². The van der Waals surface area contributed by atoms with Crippen LogP contribution in [-0.2, 0) is 11.2 Å². The molecule has 1 atom stereocenters. The van der Waals surface area contributed by atoms with Crippen LogP contribution >= 0.6 is 0 Å². The van der Waals surface area contributed by atoms with Crippen LogP contribution in [0, 0.1) is 5.92 Å². The number of nitrogens with zero attached hydrogens (tertiary/aromatic N) is 1.